The Morgan fingerprint density at radius 2 is 1.64 bits per heavy atom. The van der Waals surface area contributed by atoms with Crippen LogP contribution in [-0.2, 0) is 16.0 Å². The molecule has 0 bridgehead atoms. The van der Waals surface area contributed by atoms with Crippen LogP contribution in [-0.4, -0.2) is 82.6 Å². The fourth-order valence-electron chi connectivity index (χ4n) is 6.46. The second-order valence-corrected chi connectivity index (χ2v) is 10.9. The van der Waals surface area contributed by atoms with E-state index in [1.807, 2.05) is 43.3 Å². The summed E-state index contributed by atoms with van der Waals surface area (Å²) < 4.78 is 0. The number of carbonyl (C=O) groups excluding carboxylic acids is 3. The van der Waals surface area contributed by atoms with E-state index in [-0.39, 0.29) is 29.7 Å². The van der Waals surface area contributed by atoms with Gasteiger partial charge in [0.25, 0.3) is 5.91 Å². The number of aliphatic hydroxyl groups excluding tert-OH is 2. The van der Waals surface area contributed by atoms with Gasteiger partial charge in [0, 0.05) is 31.3 Å². The number of benzene rings is 2. The standard InChI is InChI=1S/C29H31N3O7/c1-31(2)15-7-5-13(6-8-15)16-9-10-19(33)21-17(16)11-14-12-18-23(32(3)4)25(35)22(28(30)38)27(37)29(18,39)26(36)20(14)24(21)34/h5-10,14,18,23,33,35-36,39H,11-12H2,1-4H3,(H2,30,38)/t14-,18-,23-,29+/m1/s1. The van der Waals surface area contributed by atoms with Gasteiger partial charge in [-0.25, -0.2) is 0 Å². The summed E-state index contributed by atoms with van der Waals surface area (Å²) in [7, 11) is 7.05. The van der Waals surface area contributed by atoms with E-state index >= 15 is 0 Å². The molecule has 0 radical (unpaired) electrons. The summed E-state index contributed by atoms with van der Waals surface area (Å²) >= 11 is 0. The highest BCUT2D eigenvalue weighted by Crippen LogP contribution is 2.53. The molecule has 0 saturated heterocycles. The monoisotopic (exact) mass is 533 g/mol. The molecule has 0 fully saturated rings. The van der Waals surface area contributed by atoms with Gasteiger partial charge in [0.15, 0.2) is 11.4 Å². The second-order valence-electron chi connectivity index (χ2n) is 10.9. The molecule has 39 heavy (non-hydrogen) atoms. The van der Waals surface area contributed by atoms with Crippen LogP contribution in [0, 0.1) is 11.8 Å². The van der Waals surface area contributed by atoms with Crippen molar-refractivity contribution in [3.8, 4) is 16.9 Å². The zero-order valence-electron chi connectivity index (χ0n) is 22.1. The SMILES string of the molecule is CN(C)c1ccc(-c2ccc(O)c3c2C[C@@H]2C[C@@H]4[C@@H](N(C)C)C(O)=C(C(N)=O)C(=O)[C@@]4(O)C(O)=C2C3=O)cc1. The van der Waals surface area contributed by atoms with Crippen LogP contribution in [0.1, 0.15) is 22.3 Å². The number of Topliss-reactive ketones (excluding diaryl/α,β-unsaturated/α-hetero) is 2. The molecular formula is C29H31N3O7. The lowest BCUT2D eigenvalue weighted by atomic mass is 9.58. The number of amides is 1. The first-order valence-corrected chi connectivity index (χ1v) is 12.6. The van der Waals surface area contributed by atoms with E-state index in [1.165, 1.54) is 11.0 Å². The van der Waals surface area contributed by atoms with Crippen LogP contribution in [0.25, 0.3) is 11.1 Å². The Balaban J connectivity index is 1.69. The Labute approximate surface area is 225 Å². The predicted molar refractivity (Wildman–Crippen MR) is 143 cm³/mol. The molecule has 0 unspecified atom stereocenters. The van der Waals surface area contributed by atoms with E-state index in [4.69, 9.17) is 5.73 Å². The van der Waals surface area contributed by atoms with E-state index < -0.39 is 58.0 Å². The average molecular weight is 534 g/mol. The van der Waals surface area contributed by atoms with Gasteiger partial charge in [0.2, 0.25) is 5.78 Å². The number of aliphatic hydroxyl groups is 3. The molecule has 5 rings (SSSR count). The maximum Gasteiger partial charge on any atom is 0.255 e. The summed E-state index contributed by atoms with van der Waals surface area (Å²) in [6, 6.07) is 9.84. The lowest BCUT2D eigenvalue weighted by Gasteiger charge is -2.50. The number of hydrogen-bond acceptors (Lipinski definition) is 9. The molecule has 3 aliphatic carbocycles. The van der Waals surface area contributed by atoms with Gasteiger partial charge in [0.1, 0.15) is 22.8 Å². The Hall–Kier alpha value is -4.15. The van der Waals surface area contributed by atoms with Gasteiger partial charge in [-0.15, -0.1) is 0 Å². The number of nitrogens with zero attached hydrogens (tertiary/aromatic N) is 2. The molecule has 2 aromatic carbocycles. The van der Waals surface area contributed by atoms with Crippen LogP contribution >= 0.6 is 0 Å². The number of aromatic hydroxyl groups is 1. The lowest BCUT2D eigenvalue weighted by Crippen LogP contribution is -2.63. The molecule has 10 heteroatoms. The van der Waals surface area contributed by atoms with Crippen molar-refractivity contribution >= 4 is 23.2 Å². The number of nitrogens with two attached hydrogens (primary N) is 1. The molecule has 3 aliphatic rings. The van der Waals surface area contributed by atoms with E-state index in [9.17, 15) is 34.8 Å². The number of anilines is 1. The number of phenols is 1. The van der Waals surface area contributed by atoms with Crippen molar-refractivity contribution < 1.29 is 34.8 Å². The molecule has 10 nitrogen and oxygen atoms in total. The average Bonchev–Trinajstić information content (AvgIpc) is 2.86. The third kappa shape index (κ3) is 3.66. The highest BCUT2D eigenvalue weighted by atomic mass is 16.3. The highest BCUT2D eigenvalue weighted by Gasteiger charge is 2.63. The molecule has 0 spiro atoms. The number of primary amides is 1. The zero-order chi connectivity index (χ0) is 28.5. The lowest BCUT2D eigenvalue weighted by molar-refractivity contribution is -0.148. The maximum atomic E-state index is 13.9. The smallest absolute Gasteiger partial charge is 0.255 e. The third-order valence-corrected chi connectivity index (χ3v) is 8.30. The van der Waals surface area contributed by atoms with E-state index in [0.717, 1.165) is 16.8 Å². The van der Waals surface area contributed by atoms with Gasteiger partial charge in [-0.2, -0.15) is 0 Å². The van der Waals surface area contributed by atoms with Crippen LogP contribution in [0.2, 0.25) is 0 Å². The Morgan fingerprint density at radius 3 is 2.21 bits per heavy atom. The molecule has 1 amide bonds. The van der Waals surface area contributed by atoms with Crippen molar-refractivity contribution in [2.45, 2.75) is 24.5 Å². The maximum absolute atomic E-state index is 13.9. The molecular weight excluding hydrogens is 502 g/mol. The number of ketones is 2. The minimum absolute atomic E-state index is 0.00929. The van der Waals surface area contributed by atoms with E-state index in [0.29, 0.717) is 5.56 Å². The van der Waals surface area contributed by atoms with Crippen LogP contribution in [0.3, 0.4) is 0 Å². The van der Waals surface area contributed by atoms with Crippen molar-refractivity contribution in [3.63, 3.8) is 0 Å². The molecule has 0 saturated carbocycles. The first kappa shape index (κ1) is 26.5. The van der Waals surface area contributed by atoms with Gasteiger partial charge in [-0.1, -0.05) is 18.2 Å². The fourth-order valence-corrected chi connectivity index (χ4v) is 6.46. The predicted octanol–water partition coefficient (Wildman–Crippen LogP) is 1.85. The second kappa shape index (κ2) is 8.96. The highest BCUT2D eigenvalue weighted by molar-refractivity contribution is 6.24. The summed E-state index contributed by atoms with van der Waals surface area (Å²) in [6.45, 7) is 0. The zero-order valence-corrected chi connectivity index (χ0v) is 22.1. The number of likely N-dealkylation sites (N-methyl/N-ethyl adjacent to an activating group) is 1. The van der Waals surface area contributed by atoms with Crippen LogP contribution in [0.5, 0.6) is 5.75 Å². The first-order chi connectivity index (χ1) is 18.3. The van der Waals surface area contributed by atoms with E-state index in [2.05, 4.69) is 0 Å². The van der Waals surface area contributed by atoms with E-state index in [1.54, 1.807) is 20.2 Å². The largest absolute Gasteiger partial charge is 0.510 e. The molecule has 204 valence electrons. The summed E-state index contributed by atoms with van der Waals surface area (Å²) in [6.07, 6.45) is 0.272. The van der Waals surface area contributed by atoms with Crippen LogP contribution in [0.15, 0.2) is 59.1 Å². The Morgan fingerprint density at radius 1 is 1.00 bits per heavy atom. The molecule has 0 heterocycles. The van der Waals surface area contributed by atoms with Crippen LogP contribution in [0.4, 0.5) is 5.69 Å². The molecule has 0 aliphatic heterocycles. The normalized spacial score (nSPS) is 26.4. The molecule has 6 N–H and O–H groups in total. The Kier molecular flexibility index (Phi) is 6.08. The van der Waals surface area contributed by atoms with Gasteiger partial charge in [0.05, 0.1) is 11.6 Å². The number of rotatable bonds is 4. The van der Waals surface area contributed by atoms with Crippen LogP contribution < -0.4 is 10.6 Å². The summed E-state index contributed by atoms with van der Waals surface area (Å²) in [5, 5.41) is 44.7. The number of hydrogen-bond donors (Lipinski definition) is 5. The van der Waals surface area contributed by atoms with Crippen molar-refractivity contribution in [1.82, 2.24) is 4.90 Å². The fraction of sp³-hybridized carbons (Fsp3) is 0.345. The quantitative estimate of drug-likeness (QED) is 0.369. The number of allylic oxidation sites excluding steroid dienone is 1. The number of fused-ring (bicyclic) bond motifs is 3. The topological polar surface area (TPSA) is 165 Å². The summed E-state index contributed by atoms with van der Waals surface area (Å²) in [5.74, 6) is -6.65. The third-order valence-electron chi connectivity index (χ3n) is 8.30. The first-order valence-electron chi connectivity index (χ1n) is 12.6. The molecule has 0 aromatic heterocycles. The van der Waals surface area contributed by atoms with Crippen molar-refractivity contribution in [2.24, 2.45) is 17.6 Å². The minimum atomic E-state index is -2.65. The summed E-state index contributed by atoms with van der Waals surface area (Å²) in [4.78, 5) is 42.8. The van der Waals surface area contributed by atoms with Crippen molar-refractivity contribution in [3.05, 3.63) is 70.2 Å². The number of carbonyl (C=O) groups is 3. The summed E-state index contributed by atoms with van der Waals surface area (Å²) in [5.41, 5.74) is 4.86. The minimum Gasteiger partial charge on any atom is -0.510 e. The Bertz CT molecular complexity index is 1490. The van der Waals surface area contributed by atoms with Gasteiger partial charge in [-0.05, 0) is 67.7 Å². The molecule has 4 atom stereocenters. The van der Waals surface area contributed by atoms with Gasteiger partial charge < -0.3 is 31.1 Å². The van der Waals surface area contributed by atoms with Crippen molar-refractivity contribution in [2.75, 3.05) is 33.1 Å². The van der Waals surface area contributed by atoms with Gasteiger partial charge in [-0.3, -0.25) is 19.3 Å². The number of phenolic OH excluding ortho intramolecular Hbond substituents is 1. The van der Waals surface area contributed by atoms with Crippen molar-refractivity contribution in [1.29, 1.82) is 0 Å². The van der Waals surface area contributed by atoms with Gasteiger partial charge >= 0.3 is 0 Å². The molecule has 2 aromatic rings.